The molecule has 0 bridgehead atoms. The third-order valence-electron chi connectivity index (χ3n) is 7.00. The number of aryl methyl sites for hydroxylation is 1. The minimum atomic E-state index is -0.130. The number of nitrogens with zero attached hydrogens (tertiary/aromatic N) is 4. The Hall–Kier alpha value is -2.64. The number of nitrogens with one attached hydrogen (secondary N) is 2. The zero-order valence-corrected chi connectivity index (χ0v) is 19.4. The summed E-state index contributed by atoms with van der Waals surface area (Å²) in [5, 5.41) is 12.1. The average Bonchev–Trinajstić information content (AvgIpc) is 3.43. The zero-order valence-electron chi connectivity index (χ0n) is 19.4. The van der Waals surface area contributed by atoms with Crippen molar-refractivity contribution in [3.8, 4) is 0 Å². The van der Waals surface area contributed by atoms with E-state index in [1.54, 1.807) is 6.20 Å². The maximum Gasteiger partial charge on any atom is 0.254 e. The summed E-state index contributed by atoms with van der Waals surface area (Å²) in [6, 6.07) is 0.276. The quantitative estimate of drug-likeness (QED) is 0.582. The lowest BCUT2D eigenvalue weighted by Gasteiger charge is -2.29. The maximum atomic E-state index is 13.1. The number of amides is 2. The van der Waals surface area contributed by atoms with Gasteiger partial charge in [-0.25, -0.2) is 9.67 Å². The Morgan fingerprint density at radius 3 is 2.75 bits per heavy atom. The summed E-state index contributed by atoms with van der Waals surface area (Å²) in [6.45, 7) is 7.06. The van der Waals surface area contributed by atoms with Crippen LogP contribution in [0, 0.1) is 5.92 Å². The second-order valence-electron chi connectivity index (χ2n) is 9.17. The van der Waals surface area contributed by atoms with Gasteiger partial charge in [-0.15, -0.1) is 0 Å². The smallest absolute Gasteiger partial charge is 0.254 e. The van der Waals surface area contributed by atoms with Crippen LogP contribution in [0.4, 0.5) is 5.69 Å². The van der Waals surface area contributed by atoms with Crippen LogP contribution in [-0.4, -0.2) is 57.2 Å². The molecule has 2 aromatic rings. The molecule has 8 nitrogen and oxygen atoms in total. The Labute approximate surface area is 190 Å². The molecule has 0 spiro atoms. The highest BCUT2D eigenvalue weighted by Crippen LogP contribution is 2.32. The molecular weight excluding hydrogens is 404 g/mol. The number of carbonyl (C=O) groups is 2. The van der Waals surface area contributed by atoms with Gasteiger partial charge in [-0.2, -0.15) is 5.10 Å². The highest BCUT2D eigenvalue weighted by molar-refractivity contribution is 6.06. The SMILES string of the molecule is CCn1ncc2c(NC(C)C3CCCCC3)c(C(=O)NCCCN3CCCC3=O)cnc21. The van der Waals surface area contributed by atoms with Gasteiger partial charge in [0, 0.05) is 44.8 Å². The van der Waals surface area contributed by atoms with Crippen molar-refractivity contribution in [2.24, 2.45) is 5.92 Å². The standard InChI is InChI=1S/C24H36N6O2/c1-3-30-23-19(16-27-30)22(28-17(2)18-9-5-4-6-10-18)20(15-26-23)24(32)25-12-8-14-29-13-7-11-21(29)31/h15-18H,3-14H2,1-2H3,(H,25,32)(H,26,28). The first-order valence-corrected chi connectivity index (χ1v) is 12.3. The summed E-state index contributed by atoms with van der Waals surface area (Å²) in [7, 11) is 0. The molecule has 2 aliphatic rings. The van der Waals surface area contributed by atoms with Gasteiger partial charge in [-0.05, 0) is 45.4 Å². The topological polar surface area (TPSA) is 92.2 Å². The predicted molar refractivity (Wildman–Crippen MR) is 126 cm³/mol. The van der Waals surface area contributed by atoms with Crippen molar-refractivity contribution in [2.75, 3.05) is 25.0 Å². The number of anilines is 1. The van der Waals surface area contributed by atoms with E-state index in [1.165, 1.54) is 32.1 Å². The molecule has 174 valence electrons. The third kappa shape index (κ3) is 4.89. The van der Waals surface area contributed by atoms with E-state index < -0.39 is 0 Å². The van der Waals surface area contributed by atoms with E-state index in [9.17, 15) is 9.59 Å². The van der Waals surface area contributed by atoms with Gasteiger partial charge in [0.1, 0.15) is 0 Å². The molecule has 1 atom stereocenters. The molecule has 1 saturated carbocycles. The van der Waals surface area contributed by atoms with Gasteiger partial charge < -0.3 is 15.5 Å². The number of fused-ring (bicyclic) bond motifs is 1. The number of hydrogen-bond donors (Lipinski definition) is 2. The van der Waals surface area contributed by atoms with Gasteiger partial charge in [0.05, 0.1) is 22.8 Å². The molecule has 2 fully saturated rings. The summed E-state index contributed by atoms with van der Waals surface area (Å²) in [6.07, 6.45) is 12.2. The fourth-order valence-electron chi connectivity index (χ4n) is 5.07. The zero-order chi connectivity index (χ0) is 22.5. The van der Waals surface area contributed by atoms with E-state index in [4.69, 9.17) is 0 Å². The lowest BCUT2D eigenvalue weighted by molar-refractivity contribution is -0.127. The van der Waals surface area contributed by atoms with Crippen molar-refractivity contribution in [1.82, 2.24) is 25.0 Å². The molecule has 2 amide bonds. The van der Waals surface area contributed by atoms with Crippen LogP contribution in [0.25, 0.3) is 11.0 Å². The van der Waals surface area contributed by atoms with Crippen LogP contribution in [0.1, 0.15) is 75.6 Å². The molecule has 1 aliphatic heterocycles. The second kappa shape index (κ2) is 10.3. The highest BCUT2D eigenvalue weighted by atomic mass is 16.2. The van der Waals surface area contributed by atoms with Crippen molar-refractivity contribution in [1.29, 1.82) is 0 Å². The number of rotatable bonds is 9. The fraction of sp³-hybridized carbons (Fsp3) is 0.667. The van der Waals surface area contributed by atoms with Gasteiger partial charge in [0.2, 0.25) is 5.91 Å². The van der Waals surface area contributed by atoms with Crippen molar-refractivity contribution in [2.45, 2.75) is 77.8 Å². The van der Waals surface area contributed by atoms with E-state index in [0.717, 1.165) is 42.7 Å². The van der Waals surface area contributed by atoms with Gasteiger partial charge in [0.25, 0.3) is 5.91 Å². The van der Waals surface area contributed by atoms with Crippen molar-refractivity contribution < 1.29 is 9.59 Å². The second-order valence-corrected chi connectivity index (χ2v) is 9.17. The molecule has 1 aliphatic carbocycles. The van der Waals surface area contributed by atoms with Crippen LogP contribution in [0.5, 0.6) is 0 Å². The Balaban J connectivity index is 1.48. The normalized spacial score (nSPS) is 18.3. The number of aromatic nitrogens is 3. The lowest BCUT2D eigenvalue weighted by atomic mass is 9.84. The molecular formula is C24H36N6O2. The van der Waals surface area contributed by atoms with Crippen LogP contribution < -0.4 is 10.6 Å². The van der Waals surface area contributed by atoms with Crippen LogP contribution in [0.3, 0.4) is 0 Å². The molecule has 2 aromatic heterocycles. The number of hydrogen-bond acceptors (Lipinski definition) is 5. The molecule has 1 saturated heterocycles. The van der Waals surface area contributed by atoms with Gasteiger partial charge in [0.15, 0.2) is 5.65 Å². The fourth-order valence-corrected chi connectivity index (χ4v) is 5.07. The summed E-state index contributed by atoms with van der Waals surface area (Å²) < 4.78 is 1.86. The molecule has 2 N–H and O–H groups in total. The lowest BCUT2D eigenvalue weighted by Crippen LogP contribution is -2.32. The Kier molecular flexibility index (Phi) is 7.27. The summed E-state index contributed by atoms with van der Waals surface area (Å²) >= 11 is 0. The highest BCUT2D eigenvalue weighted by Gasteiger charge is 2.24. The van der Waals surface area contributed by atoms with Crippen LogP contribution >= 0.6 is 0 Å². The Bertz CT molecular complexity index is 949. The molecule has 4 rings (SSSR count). The van der Waals surface area contributed by atoms with Crippen molar-refractivity contribution in [3.05, 3.63) is 18.0 Å². The summed E-state index contributed by atoms with van der Waals surface area (Å²) in [5.41, 5.74) is 2.20. The van der Waals surface area contributed by atoms with E-state index in [-0.39, 0.29) is 17.9 Å². The Morgan fingerprint density at radius 1 is 1.22 bits per heavy atom. The molecule has 8 heteroatoms. The molecule has 0 radical (unpaired) electrons. The minimum Gasteiger partial charge on any atom is -0.381 e. The average molecular weight is 441 g/mol. The van der Waals surface area contributed by atoms with Crippen molar-refractivity contribution >= 4 is 28.5 Å². The Morgan fingerprint density at radius 2 is 2.03 bits per heavy atom. The minimum absolute atomic E-state index is 0.130. The van der Waals surface area contributed by atoms with Crippen LogP contribution in [-0.2, 0) is 11.3 Å². The van der Waals surface area contributed by atoms with Gasteiger partial charge in [-0.3, -0.25) is 9.59 Å². The van der Waals surface area contributed by atoms with Crippen molar-refractivity contribution in [3.63, 3.8) is 0 Å². The van der Waals surface area contributed by atoms with Gasteiger partial charge >= 0.3 is 0 Å². The number of likely N-dealkylation sites (tertiary alicyclic amines) is 1. The number of carbonyl (C=O) groups excluding carboxylic acids is 2. The molecule has 0 aromatic carbocycles. The monoisotopic (exact) mass is 440 g/mol. The number of pyridine rings is 1. The predicted octanol–water partition coefficient (Wildman–Crippen LogP) is 3.57. The molecule has 3 heterocycles. The first-order valence-electron chi connectivity index (χ1n) is 12.3. The first-order chi connectivity index (χ1) is 15.6. The molecule has 1 unspecified atom stereocenters. The van der Waals surface area contributed by atoms with E-state index in [1.807, 2.05) is 22.7 Å². The molecule has 32 heavy (non-hydrogen) atoms. The summed E-state index contributed by atoms with van der Waals surface area (Å²) in [5.74, 6) is 0.707. The van der Waals surface area contributed by atoms with Gasteiger partial charge in [-0.1, -0.05) is 19.3 Å². The first kappa shape index (κ1) is 22.6. The largest absolute Gasteiger partial charge is 0.381 e. The third-order valence-corrected chi connectivity index (χ3v) is 7.00. The van der Waals surface area contributed by atoms with E-state index in [2.05, 4.69) is 27.6 Å². The van der Waals surface area contributed by atoms with E-state index >= 15 is 0 Å². The van der Waals surface area contributed by atoms with E-state index in [0.29, 0.717) is 31.0 Å². The summed E-state index contributed by atoms with van der Waals surface area (Å²) in [4.78, 5) is 31.3. The maximum absolute atomic E-state index is 13.1. The van der Waals surface area contributed by atoms with Crippen LogP contribution in [0.15, 0.2) is 12.4 Å². The van der Waals surface area contributed by atoms with Crippen LogP contribution in [0.2, 0.25) is 0 Å².